The van der Waals surface area contributed by atoms with Crippen molar-refractivity contribution in [2.24, 2.45) is 0 Å². The Morgan fingerprint density at radius 1 is 1.22 bits per heavy atom. The molecular weight excluding hydrogens is 304 g/mol. The molecule has 0 aliphatic rings. The molecule has 2 rings (SSSR count). The number of esters is 1. The van der Waals surface area contributed by atoms with Gasteiger partial charge in [-0.05, 0) is 19.1 Å². The Labute approximate surface area is 130 Å². The highest BCUT2D eigenvalue weighted by atomic mass is 16.6. The Bertz CT molecular complexity index is 826. The zero-order chi connectivity index (χ0) is 17.0. The number of amides is 3. The van der Waals surface area contributed by atoms with Gasteiger partial charge < -0.3 is 14.5 Å². The first-order valence-corrected chi connectivity index (χ1v) is 6.69. The number of para-hydroxylation sites is 1. The second-order valence-electron chi connectivity index (χ2n) is 4.59. The second kappa shape index (κ2) is 6.73. The van der Waals surface area contributed by atoms with Crippen molar-refractivity contribution in [2.75, 3.05) is 7.05 Å². The highest BCUT2D eigenvalue weighted by Gasteiger charge is 2.22. The average molecular weight is 318 g/mol. The molecule has 0 saturated carbocycles. The summed E-state index contributed by atoms with van der Waals surface area (Å²) in [5.74, 6) is -2.11. The van der Waals surface area contributed by atoms with Crippen molar-refractivity contribution in [2.45, 2.75) is 13.0 Å². The van der Waals surface area contributed by atoms with Crippen molar-refractivity contribution in [3.8, 4) is 0 Å². The minimum absolute atomic E-state index is 0.231. The van der Waals surface area contributed by atoms with E-state index in [0.717, 1.165) is 6.07 Å². The van der Waals surface area contributed by atoms with Crippen LogP contribution in [0.15, 0.2) is 39.5 Å². The number of benzene rings is 1. The molecule has 0 unspecified atom stereocenters. The third-order valence-corrected chi connectivity index (χ3v) is 2.95. The molecule has 8 heteroatoms. The molecule has 0 saturated heterocycles. The van der Waals surface area contributed by atoms with Crippen molar-refractivity contribution < 1.29 is 23.5 Å². The number of ether oxygens (including phenoxy) is 1. The molecule has 0 radical (unpaired) electrons. The van der Waals surface area contributed by atoms with E-state index >= 15 is 0 Å². The van der Waals surface area contributed by atoms with Crippen LogP contribution in [0.1, 0.15) is 17.5 Å². The Hall–Kier alpha value is -3.16. The number of carbonyl (C=O) groups is 3. The molecule has 0 spiro atoms. The van der Waals surface area contributed by atoms with E-state index in [1.54, 1.807) is 18.2 Å². The average Bonchev–Trinajstić information content (AvgIpc) is 2.54. The van der Waals surface area contributed by atoms with E-state index in [1.807, 2.05) is 5.32 Å². The van der Waals surface area contributed by atoms with Crippen molar-refractivity contribution in [3.63, 3.8) is 0 Å². The van der Waals surface area contributed by atoms with E-state index in [4.69, 9.17) is 9.15 Å². The smallest absolute Gasteiger partial charge is 0.375 e. The van der Waals surface area contributed by atoms with Crippen LogP contribution in [0.4, 0.5) is 4.79 Å². The first-order chi connectivity index (χ1) is 10.9. The van der Waals surface area contributed by atoms with Gasteiger partial charge in [0.05, 0.1) is 5.39 Å². The highest BCUT2D eigenvalue weighted by Crippen LogP contribution is 2.13. The number of fused-ring (bicyclic) bond motifs is 1. The fourth-order valence-electron chi connectivity index (χ4n) is 1.75. The van der Waals surface area contributed by atoms with E-state index < -0.39 is 29.4 Å². The molecule has 2 aromatic rings. The molecule has 8 nitrogen and oxygen atoms in total. The molecule has 23 heavy (non-hydrogen) atoms. The van der Waals surface area contributed by atoms with Gasteiger partial charge in [0.15, 0.2) is 11.5 Å². The maximum atomic E-state index is 12.0. The molecule has 0 bridgehead atoms. The van der Waals surface area contributed by atoms with E-state index in [1.165, 1.54) is 20.0 Å². The van der Waals surface area contributed by atoms with Gasteiger partial charge in [0.2, 0.25) is 5.76 Å². The Kier molecular flexibility index (Phi) is 4.75. The number of rotatable bonds is 3. The predicted molar refractivity (Wildman–Crippen MR) is 80.0 cm³/mol. The largest absolute Gasteiger partial charge is 0.449 e. The fourth-order valence-corrected chi connectivity index (χ4v) is 1.75. The van der Waals surface area contributed by atoms with Crippen LogP contribution in [0.2, 0.25) is 0 Å². The minimum Gasteiger partial charge on any atom is -0.449 e. The molecule has 1 aromatic heterocycles. The molecule has 2 N–H and O–H groups in total. The Balaban J connectivity index is 2.16. The van der Waals surface area contributed by atoms with Crippen LogP contribution in [-0.2, 0) is 9.53 Å². The molecule has 3 amide bonds. The zero-order valence-corrected chi connectivity index (χ0v) is 12.4. The first-order valence-electron chi connectivity index (χ1n) is 6.69. The molecule has 0 fully saturated rings. The Morgan fingerprint density at radius 3 is 2.61 bits per heavy atom. The van der Waals surface area contributed by atoms with Gasteiger partial charge in [-0.1, -0.05) is 12.1 Å². The van der Waals surface area contributed by atoms with Crippen LogP contribution in [0.5, 0.6) is 0 Å². The lowest BCUT2D eigenvalue weighted by molar-refractivity contribution is -0.128. The molecule has 1 aromatic carbocycles. The lowest BCUT2D eigenvalue weighted by Crippen LogP contribution is -2.43. The van der Waals surface area contributed by atoms with Gasteiger partial charge in [-0.25, -0.2) is 9.59 Å². The lowest BCUT2D eigenvalue weighted by atomic mass is 10.2. The third-order valence-electron chi connectivity index (χ3n) is 2.95. The summed E-state index contributed by atoms with van der Waals surface area (Å²) in [5, 5.41) is 4.49. The molecule has 120 valence electrons. The lowest BCUT2D eigenvalue weighted by Gasteiger charge is -2.12. The predicted octanol–water partition coefficient (Wildman–Crippen LogP) is 0.794. The van der Waals surface area contributed by atoms with E-state index in [9.17, 15) is 19.2 Å². The normalized spacial score (nSPS) is 11.6. The molecule has 1 atom stereocenters. The molecule has 0 aliphatic heterocycles. The maximum absolute atomic E-state index is 12.0. The minimum atomic E-state index is -1.24. The highest BCUT2D eigenvalue weighted by molar-refractivity contribution is 5.98. The molecule has 0 aliphatic carbocycles. The number of urea groups is 1. The maximum Gasteiger partial charge on any atom is 0.375 e. The van der Waals surface area contributed by atoms with Crippen LogP contribution in [0, 0.1) is 0 Å². The van der Waals surface area contributed by atoms with Gasteiger partial charge in [0.25, 0.3) is 5.91 Å². The summed E-state index contributed by atoms with van der Waals surface area (Å²) in [4.78, 5) is 46.5. The number of carbonyl (C=O) groups excluding carboxylic acids is 3. The van der Waals surface area contributed by atoms with E-state index in [2.05, 4.69) is 5.32 Å². The summed E-state index contributed by atoms with van der Waals surface area (Å²) >= 11 is 0. The van der Waals surface area contributed by atoms with Gasteiger partial charge in [-0.15, -0.1) is 0 Å². The van der Waals surface area contributed by atoms with Gasteiger partial charge in [-0.3, -0.25) is 14.9 Å². The summed E-state index contributed by atoms with van der Waals surface area (Å²) in [6, 6.07) is 6.69. The third kappa shape index (κ3) is 3.73. The summed E-state index contributed by atoms with van der Waals surface area (Å²) in [6.07, 6.45) is -1.24. The summed E-state index contributed by atoms with van der Waals surface area (Å²) in [5.41, 5.74) is -0.171. The monoisotopic (exact) mass is 318 g/mol. The van der Waals surface area contributed by atoms with Crippen molar-refractivity contribution in [1.29, 1.82) is 0 Å². The van der Waals surface area contributed by atoms with Crippen molar-refractivity contribution in [1.82, 2.24) is 10.6 Å². The van der Waals surface area contributed by atoms with Gasteiger partial charge in [-0.2, -0.15) is 0 Å². The van der Waals surface area contributed by atoms with Gasteiger partial charge in [0.1, 0.15) is 5.58 Å². The van der Waals surface area contributed by atoms with Crippen LogP contribution in [0.3, 0.4) is 0 Å². The summed E-state index contributed by atoms with van der Waals surface area (Å²) < 4.78 is 10.2. The van der Waals surface area contributed by atoms with Crippen LogP contribution >= 0.6 is 0 Å². The molecular formula is C15H14N2O6. The second-order valence-corrected chi connectivity index (χ2v) is 4.59. The number of hydrogen-bond donors (Lipinski definition) is 2. The Morgan fingerprint density at radius 2 is 1.91 bits per heavy atom. The van der Waals surface area contributed by atoms with E-state index in [0.29, 0.717) is 5.39 Å². The quantitative estimate of drug-likeness (QED) is 0.809. The van der Waals surface area contributed by atoms with Gasteiger partial charge in [0, 0.05) is 13.1 Å². The van der Waals surface area contributed by atoms with Crippen LogP contribution < -0.4 is 16.1 Å². The number of nitrogens with one attached hydrogen (secondary N) is 2. The van der Waals surface area contributed by atoms with Gasteiger partial charge >= 0.3 is 12.0 Å². The van der Waals surface area contributed by atoms with Crippen LogP contribution in [0.25, 0.3) is 11.0 Å². The molecule has 1 heterocycles. The standard InChI is InChI=1S/C15H14N2O6/c1-8(13(19)17-15(21)16-2)22-14(20)12-7-10(18)9-5-3-4-6-11(9)23-12/h3-8H,1-2H3,(H2,16,17,19,21)/t8-/m1/s1. The first kappa shape index (κ1) is 16.2. The summed E-state index contributed by atoms with van der Waals surface area (Å²) in [6.45, 7) is 1.29. The summed E-state index contributed by atoms with van der Waals surface area (Å²) in [7, 11) is 1.34. The van der Waals surface area contributed by atoms with Crippen molar-refractivity contribution in [3.05, 3.63) is 46.3 Å². The van der Waals surface area contributed by atoms with E-state index in [-0.39, 0.29) is 11.3 Å². The van der Waals surface area contributed by atoms with Crippen LogP contribution in [-0.4, -0.2) is 31.1 Å². The number of imide groups is 1. The topological polar surface area (TPSA) is 115 Å². The SMILES string of the molecule is CNC(=O)NC(=O)[C@@H](C)OC(=O)c1cc(=O)c2ccccc2o1. The van der Waals surface area contributed by atoms with Crippen molar-refractivity contribution >= 4 is 28.9 Å². The fraction of sp³-hybridized carbons (Fsp3) is 0.200. The zero-order valence-electron chi connectivity index (χ0n) is 12.4. The number of hydrogen-bond acceptors (Lipinski definition) is 6.